The van der Waals surface area contributed by atoms with Gasteiger partial charge < -0.3 is 20.3 Å². The molecule has 4 fully saturated rings. The molecule has 0 amide bonds. The summed E-state index contributed by atoms with van der Waals surface area (Å²) in [6.07, 6.45) is 7.25. The molecule has 0 unspecified atom stereocenters. The zero-order valence-electron chi connectivity index (χ0n) is 15.6. The molecule has 0 spiro atoms. The van der Waals surface area contributed by atoms with Crippen LogP contribution in [0.3, 0.4) is 0 Å². The average Bonchev–Trinajstić information content (AvgIpc) is 3.29. The Morgan fingerprint density at radius 1 is 1.19 bits per heavy atom. The Balaban J connectivity index is 1.53. The molecule has 8 heteroatoms. The van der Waals surface area contributed by atoms with E-state index >= 15 is 0 Å². The minimum Gasteiger partial charge on any atom is -0.375 e. The number of fused-ring (bicyclic) bond motifs is 1. The van der Waals surface area contributed by atoms with Crippen LogP contribution >= 0.6 is 0 Å². The molecule has 8 nitrogen and oxygen atoms in total. The predicted octanol–water partition coefficient (Wildman–Crippen LogP) is 1.73. The minimum absolute atomic E-state index is 0.250. The molecule has 1 saturated carbocycles. The van der Waals surface area contributed by atoms with Gasteiger partial charge in [0.05, 0.1) is 18.4 Å². The van der Waals surface area contributed by atoms with Crippen molar-refractivity contribution < 1.29 is 4.74 Å². The summed E-state index contributed by atoms with van der Waals surface area (Å²) >= 11 is 0. The van der Waals surface area contributed by atoms with Gasteiger partial charge in [0.1, 0.15) is 5.82 Å². The highest BCUT2D eigenvalue weighted by Gasteiger charge is 2.44. The molecule has 2 N–H and O–H groups in total. The van der Waals surface area contributed by atoms with E-state index in [2.05, 4.69) is 26.7 Å². The van der Waals surface area contributed by atoms with Crippen LogP contribution in [0.25, 0.3) is 11.3 Å². The molecule has 2 aromatic rings. The third-order valence-corrected chi connectivity index (χ3v) is 5.95. The van der Waals surface area contributed by atoms with Gasteiger partial charge >= 0.3 is 0 Å². The van der Waals surface area contributed by atoms with Crippen molar-refractivity contribution >= 4 is 17.7 Å². The van der Waals surface area contributed by atoms with Gasteiger partial charge in [-0.15, -0.1) is 0 Å². The van der Waals surface area contributed by atoms with E-state index in [9.17, 15) is 0 Å². The van der Waals surface area contributed by atoms with Gasteiger partial charge in [0.2, 0.25) is 11.9 Å². The topological polar surface area (TPSA) is 93.3 Å². The minimum atomic E-state index is 0.250. The van der Waals surface area contributed by atoms with E-state index in [-0.39, 0.29) is 12.1 Å². The summed E-state index contributed by atoms with van der Waals surface area (Å²) in [5.74, 6) is 2.85. The van der Waals surface area contributed by atoms with Crippen LogP contribution in [-0.2, 0) is 4.74 Å². The Kier molecular flexibility index (Phi) is 4.07. The van der Waals surface area contributed by atoms with Crippen molar-refractivity contribution in [2.24, 2.45) is 5.92 Å². The maximum absolute atomic E-state index is 5.83. The lowest BCUT2D eigenvalue weighted by atomic mass is 9.86. The number of nitrogens with two attached hydrogens (primary N) is 1. The zero-order chi connectivity index (χ0) is 18.4. The van der Waals surface area contributed by atoms with Crippen molar-refractivity contribution in [3.05, 3.63) is 18.5 Å². The third-order valence-electron chi connectivity index (χ3n) is 5.95. The number of nitrogens with zero attached hydrogens (tertiary/aromatic N) is 6. The van der Waals surface area contributed by atoms with Crippen molar-refractivity contribution in [2.45, 2.75) is 38.3 Å². The molecule has 6 rings (SSSR count). The SMILES string of the molecule is CC[C@H]1CN(c2cc(-c3cnc(N)nc3)nc(N3CC4CC3C4)n2)CCO1. The van der Waals surface area contributed by atoms with Gasteiger partial charge in [-0.2, -0.15) is 4.98 Å². The highest BCUT2D eigenvalue weighted by molar-refractivity contribution is 5.64. The van der Waals surface area contributed by atoms with Gasteiger partial charge in [-0.1, -0.05) is 6.92 Å². The van der Waals surface area contributed by atoms with Crippen LogP contribution in [0, 0.1) is 5.92 Å². The van der Waals surface area contributed by atoms with Crippen molar-refractivity contribution in [3.63, 3.8) is 0 Å². The summed E-state index contributed by atoms with van der Waals surface area (Å²) in [4.78, 5) is 22.8. The predicted molar refractivity (Wildman–Crippen MR) is 104 cm³/mol. The fourth-order valence-corrected chi connectivity index (χ4v) is 4.28. The Labute approximate surface area is 158 Å². The largest absolute Gasteiger partial charge is 0.375 e. The molecule has 0 radical (unpaired) electrons. The van der Waals surface area contributed by atoms with Crippen LogP contribution in [0.15, 0.2) is 18.5 Å². The average molecular weight is 367 g/mol. The summed E-state index contributed by atoms with van der Waals surface area (Å²) < 4.78 is 5.83. The normalized spacial score (nSPS) is 26.9. The van der Waals surface area contributed by atoms with Gasteiger partial charge in [0.15, 0.2) is 0 Å². The first-order valence-electron chi connectivity index (χ1n) is 9.79. The van der Waals surface area contributed by atoms with Crippen LogP contribution in [0.2, 0.25) is 0 Å². The molecule has 1 atom stereocenters. The second-order valence-electron chi connectivity index (χ2n) is 7.73. The van der Waals surface area contributed by atoms with Crippen LogP contribution < -0.4 is 15.5 Å². The van der Waals surface area contributed by atoms with Crippen molar-refractivity contribution in [3.8, 4) is 11.3 Å². The van der Waals surface area contributed by atoms with Gasteiger partial charge in [0, 0.05) is 49.7 Å². The van der Waals surface area contributed by atoms with Crippen LogP contribution in [0.4, 0.5) is 17.7 Å². The number of hydrogen-bond donors (Lipinski definition) is 1. The first-order chi connectivity index (χ1) is 13.2. The molecule has 3 aliphatic heterocycles. The molecule has 4 aliphatic rings. The van der Waals surface area contributed by atoms with Gasteiger partial charge in [-0.3, -0.25) is 0 Å². The highest BCUT2D eigenvalue weighted by Crippen LogP contribution is 2.42. The van der Waals surface area contributed by atoms with Gasteiger partial charge in [-0.05, 0) is 25.2 Å². The van der Waals surface area contributed by atoms with E-state index < -0.39 is 0 Å². The van der Waals surface area contributed by atoms with Gasteiger partial charge in [-0.25, -0.2) is 15.0 Å². The van der Waals surface area contributed by atoms with Crippen molar-refractivity contribution in [1.29, 1.82) is 0 Å². The number of aromatic nitrogens is 4. The Morgan fingerprint density at radius 3 is 2.70 bits per heavy atom. The van der Waals surface area contributed by atoms with Gasteiger partial charge in [0.25, 0.3) is 0 Å². The fourth-order valence-electron chi connectivity index (χ4n) is 4.28. The second kappa shape index (κ2) is 6.60. The van der Waals surface area contributed by atoms with E-state index in [1.807, 2.05) is 6.07 Å². The number of morpholine rings is 1. The monoisotopic (exact) mass is 367 g/mol. The van der Waals surface area contributed by atoms with Crippen LogP contribution in [0.1, 0.15) is 26.2 Å². The smallest absolute Gasteiger partial charge is 0.228 e. The molecule has 0 aromatic carbocycles. The Bertz CT molecular complexity index is 821. The maximum atomic E-state index is 5.83. The molecule has 2 bridgehead atoms. The Morgan fingerprint density at radius 2 is 2.00 bits per heavy atom. The number of hydrogen-bond acceptors (Lipinski definition) is 8. The maximum Gasteiger partial charge on any atom is 0.228 e. The lowest BCUT2D eigenvalue weighted by molar-refractivity contribution is 0.0381. The molecule has 27 heavy (non-hydrogen) atoms. The summed E-state index contributed by atoms with van der Waals surface area (Å²) in [6, 6.07) is 2.63. The first-order valence-corrected chi connectivity index (χ1v) is 9.79. The lowest BCUT2D eigenvalue weighted by Gasteiger charge is -2.34. The number of rotatable bonds is 4. The standard InChI is InChI=1S/C19H25N7O/c1-2-15-11-25(3-4-27-15)17-7-16(13-8-21-18(20)22-9-13)23-19(24-17)26-10-12-5-14(26)6-12/h7-9,12,14-15H,2-6,10-11H2,1H3,(H2,20,21,22)/t12?,14?,15-/m0/s1. The number of ether oxygens (including phenoxy) is 1. The Hall–Kier alpha value is -2.48. The van der Waals surface area contributed by atoms with E-state index in [4.69, 9.17) is 20.4 Å². The summed E-state index contributed by atoms with van der Waals surface area (Å²) in [5.41, 5.74) is 7.36. The molecule has 142 valence electrons. The van der Waals surface area contributed by atoms with E-state index in [0.717, 1.165) is 61.6 Å². The summed E-state index contributed by atoms with van der Waals surface area (Å²) in [5, 5.41) is 0. The van der Waals surface area contributed by atoms with E-state index in [1.54, 1.807) is 12.4 Å². The number of nitrogen functional groups attached to an aromatic ring is 1. The van der Waals surface area contributed by atoms with Crippen molar-refractivity contribution in [2.75, 3.05) is 41.8 Å². The molecular weight excluding hydrogens is 342 g/mol. The molecule has 2 aromatic heterocycles. The lowest BCUT2D eigenvalue weighted by Crippen LogP contribution is -2.43. The summed E-state index contributed by atoms with van der Waals surface area (Å²) in [7, 11) is 0. The van der Waals surface area contributed by atoms with E-state index in [1.165, 1.54) is 12.8 Å². The molecule has 5 heterocycles. The van der Waals surface area contributed by atoms with Crippen LogP contribution in [-0.4, -0.2) is 58.3 Å². The van der Waals surface area contributed by atoms with Crippen molar-refractivity contribution in [1.82, 2.24) is 19.9 Å². The molecule has 1 aliphatic carbocycles. The summed E-state index contributed by atoms with van der Waals surface area (Å²) in [6.45, 7) is 5.65. The molecule has 3 saturated heterocycles. The number of anilines is 3. The first kappa shape index (κ1) is 16.7. The molecular formula is C19H25N7O. The zero-order valence-corrected chi connectivity index (χ0v) is 15.6. The fraction of sp³-hybridized carbons (Fsp3) is 0.579. The van der Waals surface area contributed by atoms with Crippen LogP contribution in [0.5, 0.6) is 0 Å². The van der Waals surface area contributed by atoms with E-state index in [0.29, 0.717) is 6.04 Å². The quantitative estimate of drug-likeness (QED) is 0.873. The highest BCUT2D eigenvalue weighted by atomic mass is 16.5. The third kappa shape index (κ3) is 3.07. The second-order valence-corrected chi connectivity index (χ2v) is 7.73.